The Morgan fingerprint density at radius 2 is 2.18 bits per heavy atom. The van der Waals surface area contributed by atoms with E-state index in [-0.39, 0.29) is 12.5 Å². The molecule has 0 aromatic carbocycles. The molecule has 1 saturated heterocycles. The second-order valence-corrected chi connectivity index (χ2v) is 9.61. The molecule has 1 aliphatic heterocycles. The first-order chi connectivity index (χ1) is 13.5. The molecule has 28 heavy (non-hydrogen) atoms. The molecule has 0 spiro atoms. The van der Waals surface area contributed by atoms with Crippen LogP contribution in [0.2, 0.25) is 0 Å². The number of thiophene rings is 1. The van der Waals surface area contributed by atoms with Gasteiger partial charge in [0.1, 0.15) is 16.4 Å². The Labute approximate surface area is 166 Å². The van der Waals surface area contributed by atoms with E-state index in [0.717, 1.165) is 0 Å². The first-order valence-corrected chi connectivity index (χ1v) is 11.1. The average molecular weight is 418 g/mol. The van der Waals surface area contributed by atoms with E-state index in [1.807, 2.05) is 0 Å². The van der Waals surface area contributed by atoms with Crippen LogP contribution in [0.4, 0.5) is 5.69 Å². The topological polar surface area (TPSA) is 97.2 Å². The Morgan fingerprint density at radius 3 is 2.86 bits per heavy atom. The van der Waals surface area contributed by atoms with E-state index in [1.165, 1.54) is 15.6 Å². The zero-order valence-electron chi connectivity index (χ0n) is 14.9. The van der Waals surface area contributed by atoms with Gasteiger partial charge in [-0.2, -0.15) is 4.31 Å². The zero-order chi connectivity index (χ0) is 19.6. The SMILES string of the molecule is O=C(Nc1ccc(-n2ccnc2)nc1)C1CCCN(S(=O)(=O)c2cccs2)C1. The van der Waals surface area contributed by atoms with Crippen LogP contribution in [-0.4, -0.2) is 46.3 Å². The molecule has 4 rings (SSSR count). The van der Waals surface area contributed by atoms with Crippen molar-refractivity contribution in [2.75, 3.05) is 18.4 Å². The fraction of sp³-hybridized carbons (Fsp3) is 0.278. The van der Waals surface area contributed by atoms with Crippen molar-refractivity contribution in [2.24, 2.45) is 5.92 Å². The fourth-order valence-electron chi connectivity index (χ4n) is 3.16. The van der Waals surface area contributed by atoms with Gasteiger partial charge in [-0.05, 0) is 36.4 Å². The number of carbonyl (C=O) groups excluding carboxylic acids is 1. The first-order valence-electron chi connectivity index (χ1n) is 8.83. The molecule has 146 valence electrons. The lowest BCUT2D eigenvalue weighted by molar-refractivity contribution is -0.120. The Morgan fingerprint density at radius 1 is 1.29 bits per heavy atom. The number of piperidine rings is 1. The van der Waals surface area contributed by atoms with Crippen molar-refractivity contribution in [3.63, 3.8) is 0 Å². The number of aromatic nitrogens is 3. The van der Waals surface area contributed by atoms with Gasteiger partial charge in [0.05, 0.1) is 17.8 Å². The summed E-state index contributed by atoms with van der Waals surface area (Å²) >= 11 is 1.19. The third kappa shape index (κ3) is 3.84. The number of hydrogen-bond donors (Lipinski definition) is 1. The highest BCUT2D eigenvalue weighted by molar-refractivity contribution is 7.91. The largest absolute Gasteiger partial charge is 0.324 e. The van der Waals surface area contributed by atoms with Gasteiger partial charge in [0.25, 0.3) is 10.0 Å². The monoisotopic (exact) mass is 417 g/mol. The summed E-state index contributed by atoms with van der Waals surface area (Å²) in [7, 11) is -3.54. The molecule has 3 aromatic rings. The number of anilines is 1. The average Bonchev–Trinajstić information content (AvgIpc) is 3.43. The van der Waals surface area contributed by atoms with Crippen molar-refractivity contribution in [2.45, 2.75) is 17.1 Å². The van der Waals surface area contributed by atoms with Gasteiger partial charge in [0.2, 0.25) is 5.91 Å². The smallest absolute Gasteiger partial charge is 0.252 e. The van der Waals surface area contributed by atoms with Crippen LogP contribution < -0.4 is 5.32 Å². The summed E-state index contributed by atoms with van der Waals surface area (Å²) in [6, 6.07) is 6.86. The number of nitrogens with one attached hydrogen (secondary N) is 1. The molecule has 1 atom stereocenters. The predicted octanol–water partition coefficient (Wildman–Crippen LogP) is 2.37. The van der Waals surface area contributed by atoms with Crippen LogP contribution in [0.1, 0.15) is 12.8 Å². The molecule has 1 unspecified atom stereocenters. The molecule has 0 radical (unpaired) electrons. The van der Waals surface area contributed by atoms with Crippen molar-refractivity contribution < 1.29 is 13.2 Å². The molecular weight excluding hydrogens is 398 g/mol. The summed E-state index contributed by atoms with van der Waals surface area (Å²) in [6.45, 7) is 0.623. The van der Waals surface area contributed by atoms with Gasteiger partial charge in [-0.25, -0.2) is 18.4 Å². The zero-order valence-corrected chi connectivity index (χ0v) is 16.6. The molecule has 1 amide bonds. The standard InChI is InChI=1S/C18H19N5O3S2/c24-18(21-15-5-6-16(20-11-15)22-9-7-19-13-22)14-3-1-8-23(12-14)28(25,26)17-4-2-10-27-17/h2,4-7,9-11,13-14H,1,3,8,12H2,(H,21,24). The number of imidazole rings is 1. The lowest BCUT2D eigenvalue weighted by Crippen LogP contribution is -2.43. The summed E-state index contributed by atoms with van der Waals surface area (Å²) in [5.74, 6) is 0.112. The van der Waals surface area contributed by atoms with Crippen molar-refractivity contribution in [1.29, 1.82) is 0 Å². The summed E-state index contributed by atoms with van der Waals surface area (Å²) in [6.07, 6.45) is 7.98. The minimum atomic E-state index is -3.54. The van der Waals surface area contributed by atoms with Gasteiger partial charge < -0.3 is 5.32 Å². The van der Waals surface area contributed by atoms with Crippen LogP contribution in [-0.2, 0) is 14.8 Å². The van der Waals surface area contributed by atoms with Crippen molar-refractivity contribution >= 4 is 33.0 Å². The third-order valence-electron chi connectivity index (χ3n) is 4.63. The number of rotatable bonds is 5. The molecule has 3 aromatic heterocycles. The fourth-order valence-corrected chi connectivity index (χ4v) is 5.83. The van der Waals surface area contributed by atoms with E-state index in [9.17, 15) is 13.2 Å². The number of nitrogens with zero attached hydrogens (tertiary/aromatic N) is 4. The van der Waals surface area contributed by atoms with Crippen molar-refractivity contribution in [3.05, 3.63) is 54.6 Å². The minimum absolute atomic E-state index is 0.187. The predicted molar refractivity (Wildman–Crippen MR) is 106 cm³/mol. The maximum atomic E-state index is 12.7. The number of carbonyl (C=O) groups is 1. The minimum Gasteiger partial charge on any atom is -0.324 e. The lowest BCUT2D eigenvalue weighted by Gasteiger charge is -2.30. The maximum absolute atomic E-state index is 12.7. The number of pyridine rings is 1. The normalized spacial score (nSPS) is 18.1. The van der Waals surface area contributed by atoms with E-state index >= 15 is 0 Å². The second kappa shape index (κ2) is 7.82. The summed E-state index contributed by atoms with van der Waals surface area (Å²) < 4.78 is 28.9. The third-order valence-corrected chi connectivity index (χ3v) is 7.87. The Kier molecular flexibility index (Phi) is 5.25. The molecule has 4 heterocycles. The van der Waals surface area contributed by atoms with Gasteiger partial charge in [-0.1, -0.05) is 6.07 Å². The summed E-state index contributed by atoms with van der Waals surface area (Å²) in [4.78, 5) is 21.0. The molecule has 0 saturated carbocycles. The van der Waals surface area contributed by atoms with E-state index in [4.69, 9.17) is 0 Å². The van der Waals surface area contributed by atoms with Crippen LogP contribution in [0.5, 0.6) is 0 Å². The molecule has 0 bridgehead atoms. The Balaban J connectivity index is 1.42. The molecule has 1 N–H and O–H groups in total. The molecule has 0 aliphatic carbocycles. The number of amides is 1. The Bertz CT molecular complexity index is 1030. The summed E-state index contributed by atoms with van der Waals surface area (Å²) in [5.41, 5.74) is 0.576. The highest BCUT2D eigenvalue weighted by Crippen LogP contribution is 2.27. The first kappa shape index (κ1) is 18.8. The highest BCUT2D eigenvalue weighted by atomic mass is 32.2. The highest BCUT2D eigenvalue weighted by Gasteiger charge is 2.33. The quantitative estimate of drug-likeness (QED) is 0.687. The maximum Gasteiger partial charge on any atom is 0.252 e. The van der Waals surface area contributed by atoms with Gasteiger partial charge in [0, 0.05) is 25.5 Å². The molecule has 8 nitrogen and oxygen atoms in total. The lowest BCUT2D eigenvalue weighted by atomic mass is 9.99. The van der Waals surface area contributed by atoms with Gasteiger partial charge in [-0.15, -0.1) is 11.3 Å². The molecule has 1 aliphatic rings. The van der Waals surface area contributed by atoms with Crippen LogP contribution in [0.15, 0.2) is 58.8 Å². The molecule has 10 heteroatoms. The molecular formula is C18H19N5O3S2. The van der Waals surface area contributed by atoms with Crippen LogP contribution in [0.25, 0.3) is 5.82 Å². The number of hydrogen-bond acceptors (Lipinski definition) is 6. The van der Waals surface area contributed by atoms with Crippen molar-refractivity contribution in [3.8, 4) is 5.82 Å². The number of sulfonamides is 1. The van der Waals surface area contributed by atoms with Crippen molar-refractivity contribution in [1.82, 2.24) is 18.8 Å². The van der Waals surface area contributed by atoms with Crippen LogP contribution >= 0.6 is 11.3 Å². The van der Waals surface area contributed by atoms with Crippen LogP contribution in [0, 0.1) is 5.92 Å². The van der Waals surface area contributed by atoms with Gasteiger partial charge in [-0.3, -0.25) is 9.36 Å². The van der Waals surface area contributed by atoms with Gasteiger partial charge in [0.15, 0.2) is 0 Å². The van der Waals surface area contributed by atoms with Crippen LogP contribution in [0.3, 0.4) is 0 Å². The second-order valence-electron chi connectivity index (χ2n) is 6.50. The van der Waals surface area contributed by atoms with Gasteiger partial charge >= 0.3 is 0 Å². The van der Waals surface area contributed by atoms with E-state index in [0.29, 0.717) is 35.1 Å². The molecule has 1 fully saturated rings. The van der Waals surface area contributed by atoms with E-state index < -0.39 is 15.9 Å². The summed E-state index contributed by atoms with van der Waals surface area (Å²) in [5, 5.41) is 4.58. The van der Waals surface area contributed by atoms with E-state index in [1.54, 1.807) is 59.1 Å². The van der Waals surface area contributed by atoms with E-state index in [2.05, 4.69) is 15.3 Å². The Hall–Kier alpha value is -2.56.